The van der Waals surface area contributed by atoms with Gasteiger partial charge in [0.25, 0.3) is 0 Å². The molecule has 1 fully saturated rings. The summed E-state index contributed by atoms with van der Waals surface area (Å²) in [6.07, 6.45) is 4.19. The van der Waals surface area contributed by atoms with Crippen LogP contribution in [0, 0.1) is 5.92 Å². The Morgan fingerprint density at radius 3 is 2.43 bits per heavy atom. The van der Waals surface area contributed by atoms with Crippen LogP contribution in [0.25, 0.3) is 0 Å². The summed E-state index contributed by atoms with van der Waals surface area (Å²) in [7, 11) is 2.05. The topological polar surface area (TPSA) is 15.3 Å². The molecule has 0 heterocycles. The Morgan fingerprint density at radius 1 is 1.36 bits per heavy atom. The molecular weight excluding hydrogens is 172 g/mol. The quantitative estimate of drug-likeness (QED) is 0.674. The van der Waals surface area contributed by atoms with Crippen molar-refractivity contribution in [2.24, 2.45) is 5.92 Å². The molecule has 0 bridgehead atoms. The lowest BCUT2D eigenvalue weighted by Gasteiger charge is -2.29. The molecule has 1 N–H and O–H groups in total. The van der Waals surface area contributed by atoms with E-state index >= 15 is 0 Å². The Kier molecular flexibility index (Phi) is 4.90. The summed E-state index contributed by atoms with van der Waals surface area (Å²) in [4.78, 5) is 2.63. The van der Waals surface area contributed by atoms with Gasteiger partial charge in [0.1, 0.15) is 0 Å². The summed E-state index contributed by atoms with van der Waals surface area (Å²) in [6, 6.07) is 1.36. The third kappa shape index (κ3) is 3.97. The Labute approximate surface area is 89.1 Å². The zero-order valence-corrected chi connectivity index (χ0v) is 10.2. The highest BCUT2D eigenvalue weighted by molar-refractivity contribution is 4.80. The first-order valence-corrected chi connectivity index (χ1v) is 6.08. The first kappa shape index (κ1) is 12.0. The van der Waals surface area contributed by atoms with Crippen molar-refractivity contribution in [1.82, 2.24) is 10.2 Å². The lowest BCUT2D eigenvalue weighted by molar-refractivity contribution is 0.191. The summed E-state index contributed by atoms with van der Waals surface area (Å²) in [5.74, 6) is 1.02. The normalized spacial score (nSPS) is 21.2. The SMILES string of the molecule is CCN(CC1CC1)C(C)CC(C)NC. The van der Waals surface area contributed by atoms with Gasteiger partial charge in [-0.15, -0.1) is 0 Å². The maximum Gasteiger partial charge on any atom is 0.00816 e. The summed E-state index contributed by atoms with van der Waals surface area (Å²) in [5.41, 5.74) is 0. The molecule has 2 heteroatoms. The molecule has 0 radical (unpaired) electrons. The molecule has 0 aromatic heterocycles. The fourth-order valence-electron chi connectivity index (χ4n) is 2.03. The van der Waals surface area contributed by atoms with Gasteiger partial charge in [-0.1, -0.05) is 6.92 Å². The average Bonchev–Trinajstić information content (AvgIpc) is 2.97. The average molecular weight is 198 g/mol. The number of rotatable bonds is 7. The van der Waals surface area contributed by atoms with Crippen LogP contribution in [0.15, 0.2) is 0 Å². The van der Waals surface area contributed by atoms with E-state index in [0.29, 0.717) is 6.04 Å². The van der Waals surface area contributed by atoms with Crippen LogP contribution in [0.5, 0.6) is 0 Å². The first-order valence-electron chi connectivity index (χ1n) is 6.08. The third-order valence-corrected chi connectivity index (χ3v) is 3.41. The van der Waals surface area contributed by atoms with Gasteiger partial charge in [0.05, 0.1) is 0 Å². The molecule has 0 aromatic rings. The van der Waals surface area contributed by atoms with Gasteiger partial charge in [-0.3, -0.25) is 0 Å². The molecule has 2 atom stereocenters. The largest absolute Gasteiger partial charge is 0.317 e. The van der Waals surface area contributed by atoms with Gasteiger partial charge in [-0.05, 0) is 52.6 Å². The fraction of sp³-hybridized carbons (Fsp3) is 1.00. The smallest absolute Gasteiger partial charge is 0.00816 e. The molecule has 14 heavy (non-hydrogen) atoms. The molecular formula is C12H26N2. The molecule has 0 aliphatic heterocycles. The Bertz CT molecular complexity index is 154. The number of hydrogen-bond donors (Lipinski definition) is 1. The van der Waals surface area contributed by atoms with Gasteiger partial charge in [0.2, 0.25) is 0 Å². The molecule has 84 valence electrons. The minimum atomic E-state index is 0.637. The molecule has 1 aliphatic carbocycles. The zero-order chi connectivity index (χ0) is 10.6. The predicted molar refractivity (Wildman–Crippen MR) is 62.6 cm³/mol. The van der Waals surface area contributed by atoms with Crippen LogP contribution < -0.4 is 5.32 Å². The van der Waals surface area contributed by atoms with E-state index in [4.69, 9.17) is 0 Å². The van der Waals surface area contributed by atoms with Gasteiger partial charge in [-0.25, -0.2) is 0 Å². The monoisotopic (exact) mass is 198 g/mol. The van der Waals surface area contributed by atoms with E-state index in [1.165, 1.54) is 32.4 Å². The molecule has 0 spiro atoms. The minimum absolute atomic E-state index is 0.637. The zero-order valence-electron chi connectivity index (χ0n) is 10.2. The molecule has 0 saturated heterocycles. The second-order valence-corrected chi connectivity index (χ2v) is 4.81. The molecule has 0 aromatic carbocycles. The summed E-state index contributed by atoms with van der Waals surface area (Å²) in [6.45, 7) is 9.44. The van der Waals surface area contributed by atoms with Crippen molar-refractivity contribution < 1.29 is 0 Å². The third-order valence-electron chi connectivity index (χ3n) is 3.41. The summed E-state index contributed by atoms with van der Waals surface area (Å²) < 4.78 is 0. The van der Waals surface area contributed by atoms with Gasteiger partial charge in [0, 0.05) is 18.6 Å². The van der Waals surface area contributed by atoms with Gasteiger partial charge >= 0.3 is 0 Å². The van der Waals surface area contributed by atoms with Gasteiger partial charge in [-0.2, -0.15) is 0 Å². The Morgan fingerprint density at radius 2 is 2.00 bits per heavy atom. The standard InChI is InChI=1S/C12H26N2/c1-5-14(9-12-6-7-12)11(3)8-10(2)13-4/h10-13H,5-9H2,1-4H3. The Balaban J connectivity index is 2.26. The molecule has 2 nitrogen and oxygen atoms in total. The highest BCUT2D eigenvalue weighted by Crippen LogP contribution is 2.30. The van der Waals surface area contributed by atoms with Crippen LogP contribution >= 0.6 is 0 Å². The van der Waals surface area contributed by atoms with Crippen LogP contribution in [0.3, 0.4) is 0 Å². The van der Waals surface area contributed by atoms with Crippen LogP contribution in [0.1, 0.15) is 40.0 Å². The molecule has 1 aliphatic rings. The van der Waals surface area contributed by atoms with E-state index < -0.39 is 0 Å². The second kappa shape index (κ2) is 5.72. The molecule has 0 amide bonds. The number of nitrogens with zero attached hydrogens (tertiary/aromatic N) is 1. The van der Waals surface area contributed by atoms with Crippen LogP contribution in [-0.4, -0.2) is 37.1 Å². The highest BCUT2D eigenvalue weighted by atomic mass is 15.2. The number of nitrogens with one attached hydrogen (secondary N) is 1. The van der Waals surface area contributed by atoms with Crippen molar-refractivity contribution in [1.29, 1.82) is 0 Å². The minimum Gasteiger partial charge on any atom is -0.317 e. The van der Waals surface area contributed by atoms with Crippen molar-refractivity contribution in [2.45, 2.75) is 52.1 Å². The molecule has 1 rings (SSSR count). The Hall–Kier alpha value is -0.0800. The van der Waals surface area contributed by atoms with E-state index in [9.17, 15) is 0 Å². The molecule has 1 saturated carbocycles. The fourth-order valence-corrected chi connectivity index (χ4v) is 2.03. The van der Waals surface area contributed by atoms with Crippen LogP contribution in [0.2, 0.25) is 0 Å². The highest BCUT2D eigenvalue weighted by Gasteiger charge is 2.25. The lowest BCUT2D eigenvalue weighted by atomic mass is 10.1. The van der Waals surface area contributed by atoms with Crippen molar-refractivity contribution in [3.63, 3.8) is 0 Å². The molecule has 2 unspecified atom stereocenters. The van der Waals surface area contributed by atoms with Gasteiger partial charge in [0.15, 0.2) is 0 Å². The van der Waals surface area contributed by atoms with E-state index in [1.54, 1.807) is 0 Å². The summed E-state index contributed by atoms with van der Waals surface area (Å²) in [5, 5.41) is 3.32. The van der Waals surface area contributed by atoms with E-state index in [-0.39, 0.29) is 0 Å². The van der Waals surface area contributed by atoms with Crippen molar-refractivity contribution >= 4 is 0 Å². The van der Waals surface area contributed by atoms with E-state index in [0.717, 1.165) is 12.0 Å². The maximum atomic E-state index is 3.32. The second-order valence-electron chi connectivity index (χ2n) is 4.81. The van der Waals surface area contributed by atoms with E-state index in [2.05, 4.69) is 38.0 Å². The number of hydrogen-bond acceptors (Lipinski definition) is 2. The van der Waals surface area contributed by atoms with Crippen molar-refractivity contribution in [3.05, 3.63) is 0 Å². The van der Waals surface area contributed by atoms with Crippen LogP contribution in [0.4, 0.5) is 0 Å². The maximum absolute atomic E-state index is 3.32. The van der Waals surface area contributed by atoms with Gasteiger partial charge < -0.3 is 10.2 Å². The van der Waals surface area contributed by atoms with Crippen molar-refractivity contribution in [3.8, 4) is 0 Å². The van der Waals surface area contributed by atoms with Crippen LogP contribution in [-0.2, 0) is 0 Å². The first-order chi connectivity index (χ1) is 6.67. The summed E-state index contributed by atoms with van der Waals surface area (Å²) >= 11 is 0. The van der Waals surface area contributed by atoms with Crippen molar-refractivity contribution in [2.75, 3.05) is 20.1 Å². The lowest BCUT2D eigenvalue weighted by Crippen LogP contribution is -2.38. The van der Waals surface area contributed by atoms with E-state index in [1.807, 2.05) is 0 Å². The predicted octanol–water partition coefficient (Wildman–Crippen LogP) is 2.10.